The SMILES string of the molecule is NC(=O)CC(=O)C1OCNC1c1cc(F)cc(F)c1C1CCNCC1. The maximum atomic E-state index is 14.6. The number of primary amides is 1. The van der Waals surface area contributed by atoms with Crippen LogP contribution in [0, 0.1) is 11.6 Å². The van der Waals surface area contributed by atoms with Gasteiger partial charge in [0.05, 0.1) is 19.2 Å². The summed E-state index contributed by atoms with van der Waals surface area (Å²) in [5.41, 5.74) is 5.88. The number of benzene rings is 1. The number of hydrogen-bond donors (Lipinski definition) is 3. The molecule has 136 valence electrons. The second-order valence-corrected chi connectivity index (χ2v) is 6.44. The van der Waals surface area contributed by atoms with E-state index in [0.29, 0.717) is 11.1 Å². The predicted octanol–water partition coefficient (Wildman–Crippen LogP) is 0.863. The molecule has 2 fully saturated rings. The Kier molecular flexibility index (Phi) is 5.41. The number of amides is 1. The van der Waals surface area contributed by atoms with Gasteiger partial charge in [0.1, 0.15) is 17.7 Å². The molecule has 2 saturated heterocycles. The Balaban J connectivity index is 1.97. The zero-order chi connectivity index (χ0) is 18.0. The first-order chi connectivity index (χ1) is 12.0. The van der Waals surface area contributed by atoms with Crippen molar-refractivity contribution in [3.05, 3.63) is 34.9 Å². The highest BCUT2D eigenvalue weighted by Crippen LogP contribution is 2.37. The molecule has 6 nitrogen and oxygen atoms in total. The van der Waals surface area contributed by atoms with Crippen molar-refractivity contribution in [2.24, 2.45) is 5.73 Å². The molecule has 0 saturated carbocycles. The highest BCUT2D eigenvalue weighted by molar-refractivity contribution is 6.00. The molecule has 0 aromatic heterocycles. The highest BCUT2D eigenvalue weighted by Gasteiger charge is 2.38. The van der Waals surface area contributed by atoms with Gasteiger partial charge in [-0.15, -0.1) is 0 Å². The third-order valence-corrected chi connectivity index (χ3v) is 4.74. The largest absolute Gasteiger partial charge is 0.369 e. The van der Waals surface area contributed by atoms with Crippen molar-refractivity contribution in [3.8, 4) is 0 Å². The first-order valence-corrected chi connectivity index (χ1v) is 8.33. The molecule has 0 radical (unpaired) electrons. The van der Waals surface area contributed by atoms with E-state index in [1.165, 1.54) is 6.07 Å². The van der Waals surface area contributed by atoms with Crippen LogP contribution >= 0.6 is 0 Å². The molecule has 0 spiro atoms. The Bertz CT molecular complexity index is 677. The lowest BCUT2D eigenvalue weighted by Gasteiger charge is -2.28. The first-order valence-electron chi connectivity index (χ1n) is 8.33. The molecule has 2 heterocycles. The fourth-order valence-corrected chi connectivity index (χ4v) is 3.66. The van der Waals surface area contributed by atoms with E-state index in [0.717, 1.165) is 32.0 Å². The Hall–Kier alpha value is -1.90. The summed E-state index contributed by atoms with van der Waals surface area (Å²) < 4.78 is 33.9. The van der Waals surface area contributed by atoms with E-state index in [-0.39, 0.29) is 12.6 Å². The third kappa shape index (κ3) is 3.86. The standard InChI is InChI=1S/C17H21F2N3O3/c18-10-5-11(15(12(19)6-10)9-1-3-21-4-2-9)16-17(25-8-22-16)13(23)7-14(20)24/h5-6,9,16-17,21-22H,1-4,7-8H2,(H2,20,24). The number of rotatable bonds is 5. The van der Waals surface area contributed by atoms with E-state index in [1.807, 2.05) is 0 Å². The third-order valence-electron chi connectivity index (χ3n) is 4.74. The van der Waals surface area contributed by atoms with Gasteiger partial charge in [0, 0.05) is 6.07 Å². The van der Waals surface area contributed by atoms with Crippen LogP contribution in [-0.4, -0.2) is 37.6 Å². The summed E-state index contributed by atoms with van der Waals surface area (Å²) in [5.74, 6) is -2.64. The van der Waals surface area contributed by atoms with Crippen molar-refractivity contribution in [3.63, 3.8) is 0 Å². The minimum absolute atomic E-state index is 0.0592. The Labute approximate surface area is 144 Å². The molecule has 2 atom stereocenters. The van der Waals surface area contributed by atoms with Crippen molar-refractivity contribution >= 4 is 11.7 Å². The predicted molar refractivity (Wildman–Crippen MR) is 85.6 cm³/mol. The fraction of sp³-hybridized carbons (Fsp3) is 0.529. The molecular weight excluding hydrogens is 332 g/mol. The maximum absolute atomic E-state index is 14.6. The average molecular weight is 353 g/mol. The smallest absolute Gasteiger partial charge is 0.224 e. The van der Waals surface area contributed by atoms with Gasteiger partial charge in [0.15, 0.2) is 5.78 Å². The van der Waals surface area contributed by atoms with Crippen molar-refractivity contribution in [2.75, 3.05) is 19.8 Å². The summed E-state index contributed by atoms with van der Waals surface area (Å²) >= 11 is 0. The van der Waals surface area contributed by atoms with Crippen molar-refractivity contribution in [1.29, 1.82) is 0 Å². The minimum Gasteiger partial charge on any atom is -0.369 e. The van der Waals surface area contributed by atoms with Crippen LogP contribution in [0.3, 0.4) is 0 Å². The molecular formula is C17H21F2N3O3. The molecule has 2 unspecified atom stereocenters. The molecule has 25 heavy (non-hydrogen) atoms. The summed E-state index contributed by atoms with van der Waals surface area (Å²) in [7, 11) is 0. The minimum atomic E-state index is -0.992. The zero-order valence-corrected chi connectivity index (χ0v) is 13.7. The lowest BCUT2D eigenvalue weighted by molar-refractivity contribution is -0.132. The second kappa shape index (κ2) is 7.55. The summed E-state index contributed by atoms with van der Waals surface area (Å²) in [4.78, 5) is 23.3. The van der Waals surface area contributed by atoms with E-state index < -0.39 is 41.9 Å². The van der Waals surface area contributed by atoms with Gasteiger partial charge in [-0.1, -0.05) is 0 Å². The summed E-state index contributed by atoms with van der Waals surface area (Å²) in [6.45, 7) is 1.56. The zero-order valence-electron chi connectivity index (χ0n) is 13.7. The van der Waals surface area contributed by atoms with Gasteiger partial charge >= 0.3 is 0 Å². The van der Waals surface area contributed by atoms with E-state index in [4.69, 9.17) is 10.5 Å². The molecule has 1 amide bonds. The molecule has 2 aliphatic heterocycles. The van der Waals surface area contributed by atoms with Crippen LogP contribution < -0.4 is 16.4 Å². The van der Waals surface area contributed by atoms with Crippen molar-refractivity contribution in [2.45, 2.75) is 37.3 Å². The van der Waals surface area contributed by atoms with Gasteiger partial charge in [0.2, 0.25) is 5.91 Å². The Morgan fingerprint density at radius 1 is 1.24 bits per heavy atom. The molecule has 1 aromatic rings. The van der Waals surface area contributed by atoms with Gasteiger partial charge in [0.25, 0.3) is 0 Å². The number of nitrogens with two attached hydrogens (primary N) is 1. The lowest BCUT2D eigenvalue weighted by atomic mass is 9.83. The number of carbonyl (C=O) groups excluding carboxylic acids is 2. The molecule has 2 aliphatic rings. The van der Waals surface area contributed by atoms with Gasteiger partial charge in [-0.2, -0.15) is 0 Å². The van der Waals surface area contributed by atoms with E-state index in [2.05, 4.69) is 10.6 Å². The summed E-state index contributed by atoms with van der Waals surface area (Å²) in [6, 6.07) is 1.41. The Morgan fingerprint density at radius 2 is 1.96 bits per heavy atom. The molecule has 0 aliphatic carbocycles. The van der Waals surface area contributed by atoms with Gasteiger partial charge in [-0.25, -0.2) is 8.78 Å². The monoisotopic (exact) mass is 353 g/mol. The highest BCUT2D eigenvalue weighted by atomic mass is 19.1. The topological polar surface area (TPSA) is 93.5 Å². The Morgan fingerprint density at radius 3 is 2.64 bits per heavy atom. The second-order valence-electron chi connectivity index (χ2n) is 6.44. The van der Waals surface area contributed by atoms with Crippen molar-refractivity contribution < 1.29 is 23.1 Å². The van der Waals surface area contributed by atoms with Crippen LogP contribution in [0.5, 0.6) is 0 Å². The van der Waals surface area contributed by atoms with Gasteiger partial charge in [-0.05, 0) is 49.0 Å². The summed E-state index contributed by atoms with van der Waals surface area (Å²) in [6.07, 6.45) is -0.00998. The van der Waals surface area contributed by atoms with Crippen LogP contribution in [-0.2, 0) is 14.3 Å². The van der Waals surface area contributed by atoms with E-state index in [9.17, 15) is 18.4 Å². The van der Waals surface area contributed by atoms with E-state index >= 15 is 0 Å². The normalized spacial score (nSPS) is 24.4. The number of halogens is 2. The van der Waals surface area contributed by atoms with Crippen LogP contribution in [0.4, 0.5) is 8.78 Å². The van der Waals surface area contributed by atoms with Gasteiger partial charge in [-0.3, -0.25) is 14.9 Å². The number of piperidine rings is 1. The van der Waals surface area contributed by atoms with Crippen LogP contribution in [0.25, 0.3) is 0 Å². The number of carbonyl (C=O) groups is 2. The quantitative estimate of drug-likeness (QED) is 0.683. The first kappa shape index (κ1) is 17.9. The van der Waals surface area contributed by atoms with Crippen molar-refractivity contribution in [1.82, 2.24) is 10.6 Å². The lowest BCUT2D eigenvalue weighted by Crippen LogP contribution is -2.34. The van der Waals surface area contributed by atoms with Gasteiger partial charge < -0.3 is 15.8 Å². The molecule has 3 rings (SSSR count). The maximum Gasteiger partial charge on any atom is 0.224 e. The number of Topliss-reactive ketones (excluding diaryl/α,β-unsaturated/α-hetero) is 1. The van der Waals surface area contributed by atoms with E-state index in [1.54, 1.807) is 0 Å². The number of nitrogens with one attached hydrogen (secondary N) is 2. The molecule has 1 aromatic carbocycles. The number of ketones is 1. The molecule has 4 N–H and O–H groups in total. The van der Waals surface area contributed by atoms with Crippen LogP contribution in [0.2, 0.25) is 0 Å². The fourth-order valence-electron chi connectivity index (χ4n) is 3.66. The average Bonchev–Trinajstić information content (AvgIpc) is 3.04. The number of ether oxygens (including phenoxy) is 1. The summed E-state index contributed by atoms with van der Waals surface area (Å²) in [5, 5.41) is 6.18. The molecule has 8 heteroatoms. The van der Waals surface area contributed by atoms with Crippen LogP contribution in [0.1, 0.15) is 42.3 Å². The number of hydrogen-bond acceptors (Lipinski definition) is 5. The van der Waals surface area contributed by atoms with Crippen LogP contribution in [0.15, 0.2) is 12.1 Å². The molecule has 0 bridgehead atoms.